The fourth-order valence-electron chi connectivity index (χ4n) is 3.51. The summed E-state index contributed by atoms with van der Waals surface area (Å²) in [5, 5.41) is -0.273. The number of aromatic nitrogens is 1. The predicted molar refractivity (Wildman–Crippen MR) is 123 cm³/mol. The molecule has 0 saturated carbocycles. The molecular formula is C23H19BrN2O2S. The summed E-state index contributed by atoms with van der Waals surface area (Å²) in [5.41, 5.74) is 5.84. The van der Waals surface area contributed by atoms with E-state index in [4.69, 9.17) is 0 Å². The number of nitrogens with zero attached hydrogens (tertiary/aromatic N) is 2. The van der Waals surface area contributed by atoms with Gasteiger partial charge in [-0.05, 0) is 86.1 Å². The van der Waals surface area contributed by atoms with Crippen LogP contribution in [0.15, 0.2) is 64.0 Å². The molecule has 6 heteroatoms. The SMILES string of the molecule is Cc1cc(-n2c(C)cc(C=C3SC(=O)N(c4ccccc4)C3=O)c2C)ccc1Br. The van der Waals surface area contributed by atoms with Crippen molar-refractivity contribution in [2.75, 3.05) is 4.90 Å². The van der Waals surface area contributed by atoms with Crippen molar-refractivity contribution in [1.82, 2.24) is 4.57 Å². The third kappa shape index (κ3) is 3.58. The van der Waals surface area contributed by atoms with Gasteiger partial charge in [-0.1, -0.05) is 34.1 Å². The second kappa shape index (κ2) is 7.69. The first-order valence-corrected chi connectivity index (χ1v) is 10.8. The lowest BCUT2D eigenvalue weighted by molar-refractivity contribution is -0.113. The fraction of sp³-hybridized carbons (Fsp3) is 0.130. The zero-order valence-electron chi connectivity index (χ0n) is 16.3. The number of amides is 2. The van der Waals surface area contributed by atoms with Crippen LogP contribution < -0.4 is 4.90 Å². The molecular weight excluding hydrogens is 448 g/mol. The number of benzene rings is 2. The molecule has 0 spiro atoms. The van der Waals surface area contributed by atoms with E-state index in [0.29, 0.717) is 10.6 Å². The van der Waals surface area contributed by atoms with Crippen LogP contribution in [0, 0.1) is 20.8 Å². The molecule has 1 aromatic heterocycles. The van der Waals surface area contributed by atoms with E-state index in [-0.39, 0.29) is 11.1 Å². The number of carbonyl (C=O) groups is 2. The minimum atomic E-state index is -0.282. The molecule has 0 bridgehead atoms. The summed E-state index contributed by atoms with van der Waals surface area (Å²) in [7, 11) is 0. The smallest absolute Gasteiger partial charge is 0.298 e. The number of para-hydroxylation sites is 1. The lowest BCUT2D eigenvalue weighted by Gasteiger charge is -2.12. The number of hydrogen-bond donors (Lipinski definition) is 0. The Labute approximate surface area is 182 Å². The maximum absolute atomic E-state index is 12.9. The van der Waals surface area contributed by atoms with Gasteiger partial charge in [-0.25, -0.2) is 4.90 Å². The summed E-state index contributed by atoms with van der Waals surface area (Å²) in [4.78, 5) is 27.0. The van der Waals surface area contributed by atoms with E-state index in [1.165, 1.54) is 4.90 Å². The molecule has 146 valence electrons. The third-order valence-electron chi connectivity index (χ3n) is 4.96. The molecule has 1 saturated heterocycles. The normalized spacial score (nSPS) is 15.6. The van der Waals surface area contributed by atoms with E-state index in [2.05, 4.69) is 39.6 Å². The van der Waals surface area contributed by atoms with Crippen molar-refractivity contribution in [2.45, 2.75) is 20.8 Å². The highest BCUT2D eigenvalue weighted by atomic mass is 79.9. The lowest BCUT2D eigenvalue weighted by Crippen LogP contribution is -2.27. The van der Waals surface area contributed by atoms with Gasteiger partial charge in [-0.15, -0.1) is 0 Å². The van der Waals surface area contributed by atoms with E-state index in [9.17, 15) is 9.59 Å². The number of imide groups is 1. The van der Waals surface area contributed by atoms with Gasteiger partial charge in [0.2, 0.25) is 0 Å². The summed E-state index contributed by atoms with van der Waals surface area (Å²) in [5.74, 6) is -0.282. The Balaban J connectivity index is 1.71. The summed E-state index contributed by atoms with van der Waals surface area (Å²) in [6, 6.07) is 17.3. The molecule has 4 rings (SSSR count). The van der Waals surface area contributed by atoms with Crippen LogP contribution >= 0.6 is 27.7 Å². The average Bonchev–Trinajstić information content (AvgIpc) is 3.13. The quantitative estimate of drug-likeness (QED) is 0.419. The van der Waals surface area contributed by atoms with Crippen LogP contribution in [0.1, 0.15) is 22.5 Å². The first-order valence-electron chi connectivity index (χ1n) is 9.15. The van der Waals surface area contributed by atoms with E-state index >= 15 is 0 Å². The van der Waals surface area contributed by atoms with E-state index in [1.54, 1.807) is 12.1 Å². The standard InChI is InChI=1S/C23H19BrN2O2S/c1-14-11-19(9-10-20(14)24)25-15(2)12-17(16(25)3)13-21-22(27)26(23(28)29-21)18-7-5-4-6-8-18/h4-13H,1-3H3. The minimum Gasteiger partial charge on any atom is -0.318 e. The Kier molecular flexibility index (Phi) is 5.23. The molecule has 1 fully saturated rings. The van der Waals surface area contributed by atoms with Crippen LogP contribution in [0.25, 0.3) is 11.8 Å². The number of thioether (sulfide) groups is 1. The molecule has 3 aromatic rings. The molecule has 1 aliphatic heterocycles. The van der Waals surface area contributed by atoms with Gasteiger partial charge in [-0.3, -0.25) is 9.59 Å². The van der Waals surface area contributed by atoms with Crippen LogP contribution in [-0.2, 0) is 4.79 Å². The second-order valence-corrected chi connectivity index (χ2v) is 8.80. The minimum absolute atomic E-state index is 0.273. The number of hydrogen-bond acceptors (Lipinski definition) is 3. The first kappa shape index (κ1) is 19.7. The van der Waals surface area contributed by atoms with Gasteiger partial charge in [0.15, 0.2) is 0 Å². The van der Waals surface area contributed by atoms with Gasteiger partial charge >= 0.3 is 0 Å². The zero-order valence-corrected chi connectivity index (χ0v) is 18.7. The van der Waals surface area contributed by atoms with Gasteiger partial charge in [0.25, 0.3) is 11.1 Å². The van der Waals surface area contributed by atoms with Gasteiger partial charge in [0.05, 0.1) is 10.6 Å². The predicted octanol–water partition coefficient (Wildman–Crippen LogP) is 6.41. The van der Waals surface area contributed by atoms with Gasteiger partial charge in [-0.2, -0.15) is 0 Å². The highest BCUT2D eigenvalue weighted by Gasteiger charge is 2.36. The van der Waals surface area contributed by atoms with Crippen LogP contribution in [0.3, 0.4) is 0 Å². The second-order valence-electron chi connectivity index (χ2n) is 6.95. The Morgan fingerprint density at radius 1 is 0.931 bits per heavy atom. The molecule has 2 aromatic carbocycles. The molecule has 0 atom stereocenters. The Morgan fingerprint density at radius 3 is 2.34 bits per heavy atom. The summed E-state index contributed by atoms with van der Waals surface area (Å²) < 4.78 is 3.23. The van der Waals surface area contributed by atoms with Crippen molar-refractivity contribution >= 4 is 50.6 Å². The van der Waals surface area contributed by atoms with Crippen molar-refractivity contribution in [3.05, 3.63) is 86.5 Å². The molecule has 1 aliphatic rings. The highest BCUT2D eigenvalue weighted by Crippen LogP contribution is 2.36. The Bertz CT molecular complexity index is 1170. The molecule has 29 heavy (non-hydrogen) atoms. The molecule has 0 radical (unpaired) electrons. The molecule has 0 unspecified atom stereocenters. The number of halogens is 1. The molecule has 0 aliphatic carbocycles. The van der Waals surface area contributed by atoms with Crippen molar-refractivity contribution < 1.29 is 9.59 Å². The van der Waals surface area contributed by atoms with E-state index < -0.39 is 0 Å². The van der Waals surface area contributed by atoms with Crippen LogP contribution in [0.5, 0.6) is 0 Å². The van der Waals surface area contributed by atoms with Crippen LogP contribution in [-0.4, -0.2) is 15.7 Å². The molecule has 2 amide bonds. The first-order chi connectivity index (χ1) is 13.9. The van der Waals surface area contributed by atoms with Crippen LogP contribution in [0.2, 0.25) is 0 Å². The number of rotatable bonds is 3. The number of aryl methyl sites for hydroxylation is 2. The Hall–Kier alpha value is -2.57. The van der Waals surface area contributed by atoms with Crippen molar-refractivity contribution in [3.8, 4) is 5.69 Å². The zero-order chi connectivity index (χ0) is 20.7. The van der Waals surface area contributed by atoms with Crippen molar-refractivity contribution in [1.29, 1.82) is 0 Å². The average molecular weight is 467 g/mol. The summed E-state index contributed by atoms with van der Waals surface area (Å²) >= 11 is 4.52. The number of carbonyl (C=O) groups excluding carboxylic acids is 2. The van der Waals surface area contributed by atoms with Gasteiger partial charge < -0.3 is 4.57 Å². The summed E-state index contributed by atoms with van der Waals surface area (Å²) in [6.07, 6.45) is 1.82. The van der Waals surface area contributed by atoms with Gasteiger partial charge in [0.1, 0.15) is 0 Å². The molecule has 2 heterocycles. The third-order valence-corrected chi connectivity index (χ3v) is 6.72. The maximum atomic E-state index is 12.9. The monoisotopic (exact) mass is 466 g/mol. The van der Waals surface area contributed by atoms with Crippen molar-refractivity contribution in [2.24, 2.45) is 0 Å². The Morgan fingerprint density at radius 2 is 1.66 bits per heavy atom. The fourth-order valence-corrected chi connectivity index (χ4v) is 4.59. The van der Waals surface area contributed by atoms with Crippen LogP contribution in [0.4, 0.5) is 10.5 Å². The lowest BCUT2D eigenvalue weighted by atomic mass is 10.2. The van der Waals surface area contributed by atoms with E-state index in [0.717, 1.165) is 44.4 Å². The topological polar surface area (TPSA) is 42.3 Å². The van der Waals surface area contributed by atoms with Gasteiger partial charge in [0, 0.05) is 21.5 Å². The molecule has 0 N–H and O–H groups in total. The summed E-state index contributed by atoms with van der Waals surface area (Å²) in [6.45, 7) is 6.12. The number of anilines is 1. The van der Waals surface area contributed by atoms with E-state index in [1.807, 2.05) is 50.3 Å². The maximum Gasteiger partial charge on any atom is 0.298 e. The van der Waals surface area contributed by atoms with Crippen molar-refractivity contribution in [3.63, 3.8) is 0 Å². The molecule has 4 nitrogen and oxygen atoms in total. The largest absolute Gasteiger partial charge is 0.318 e. The highest BCUT2D eigenvalue weighted by molar-refractivity contribution is 9.10.